The minimum Gasteiger partial charge on any atom is -0.453 e. The van der Waals surface area contributed by atoms with Gasteiger partial charge in [0.15, 0.2) is 11.6 Å². The van der Waals surface area contributed by atoms with Crippen molar-refractivity contribution in [3.63, 3.8) is 0 Å². The highest BCUT2D eigenvalue weighted by Gasteiger charge is 2.36. The van der Waals surface area contributed by atoms with E-state index in [4.69, 9.17) is 4.74 Å². The zero-order valence-electron chi connectivity index (χ0n) is 16.7. The average Bonchev–Trinajstić information content (AvgIpc) is 2.72. The van der Waals surface area contributed by atoms with Gasteiger partial charge >= 0.3 is 10.2 Å². The lowest BCUT2D eigenvalue weighted by atomic mass is 10.1. The van der Waals surface area contributed by atoms with Crippen LogP contribution in [-0.2, 0) is 17.3 Å². The van der Waals surface area contributed by atoms with Gasteiger partial charge in [-0.25, -0.2) is 9.37 Å². The van der Waals surface area contributed by atoms with Gasteiger partial charge in [-0.05, 0) is 30.3 Å². The first kappa shape index (κ1) is 21.7. The zero-order chi connectivity index (χ0) is 23.0. The number of halogens is 2. The molecule has 166 valence electrons. The van der Waals surface area contributed by atoms with Crippen LogP contribution in [0.2, 0.25) is 0 Å². The summed E-state index contributed by atoms with van der Waals surface area (Å²) < 4.78 is 62.2. The summed E-state index contributed by atoms with van der Waals surface area (Å²) >= 11 is 0. The second-order valence-corrected chi connectivity index (χ2v) is 8.97. The van der Waals surface area contributed by atoms with E-state index in [1.807, 2.05) is 0 Å². The van der Waals surface area contributed by atoms with Gasteiger partial charge in [-0.3, -0.25) is 13.9 Å². The Bertz CT molecular complexity index is 1410. The fraction of sp³-hybridized carbons (Fsp3) is 0.250. The maximum atomic E-state index is 14.5. The average molecular weight is 461 g/mol. The molecule has 1 aliphatic heterocycles. The van der Waals surface area contributed by atoms with Crippen LogP contribution < -0.4 is 15.0 Å². The fourth-order valence-electron chi connectivity index (χ4n) is 3.24. The minimum absolute atomic E-state index is 0.0123. The summed E-state index contributed by atoms with van der Waals surface area (Å²) in [5.74, 6) is -1.71. The Balaban J connectivity index is 1.68. The molecule has 1 saturated heterocycles. The van der Waals surface area contributed by atoms with E-state index in [2.05, 4.69) is 9.71 Å². The SMILES string of the molecule is Cn1cnc2ccc(Oc3c(F)ccc(NS(=O)(=O)N4CC(CF)C4)c3C#N)cc2c1=O. The number of alkyl halides is 1. The maximum absolute atomic E-state index is 14.5. The second-order valence-electron chi connectivity index (χ2n) is 7.30. The van der Waals surface area contributed by atoms with Crippen molar-refractivity contribution >= 4 is 26.8 Å². The highest BCUT2D eigenvalue weighted by molar-refractivity contribution is 7.90. The monoisotopic (exact) mass is 461 g/mol. The molecule has 4 rings (SSSR count). The molecule has 0 saturated carbocycles. The Morgan fingerprint density at radius 1 is 1.31 bits per heavy atom. The number of aryl methyl sites for hydroxylation is 1. The van der Waals surface area contributed by atoms with Gasteiger partial charge in [0, 0.05) is 26.1 Å². The largest absolute Gasteiger partial charge is 0.453 e. The quantitative estimate of drug-likeness (QED) is 0.602. The van der Waals surface area contributed by atoms with E-state index in [0.29, 0.717) is 5.52 Å². The molecule has 1 aromatic heterocycles. The van der Waals surface area contributed by atoms with Crippen LogP contribution in [0.25, 0.3) is 10.9 Å². The number of ether oxygens (including phenoxy) is 1. The number of hydrogen-bond donors (Lipinski definition) is 1. The number of benzene rings is 2. The molecule has 0 amide bonds. The van der Waals surface area contributed by atoms with Gasteiger partial charge in [0.2, 0.25) is 0 Å². The number of anilines is 1. The van der Waals surface area contributed by atoms with Crippen LogP contribution in [0, 0.1) is 23.1 Å². The number of nitriles is 1. The Labute approximate surface area is 181 Å². The predicted molar refractivity (Wildman–Crippen MR) is 112 cm³/mol. The van der Waals surface area contributed by atoms with Crippen LogP contribution in [0.4, 0.5) is 14.5 Å². The van der Waals surface area contributed by atoms with E-state index >= 15 is 0 Å². The van der Waals surface area contributed by atoms with Gasteiger partial charge in [0.25, 0.3) is 5.56 Å². The Hall–Kier alpha value is -3.56. The maximum Gasteiger partial charge on any atom is 0.301 e. The molecule has 0 aliphatic carbocycles. The topological polar surface area (TPSA) is 117 Å². The molecule has 2 heterocycles. The van der Waals surface area contributed by atoms with Gasteiger partial charge in [0.05, 0.1) is 29.6 Å². The first-order chi connectivity index (χ1) is 15.2. The standard InChI is InChI=1S/C20H17F2N5O4S/c1-26-11-24-17-4-2-13(6-14(17)20(26)28)31-19-15(8-23)18(5-3-16(19)22)25-32(29,30)27-9-12(7-21)10-27/h2-6,11-12,25H,7,9-10H2,1H3. The minimum atomic E-state index is -4.06. The van der Waals surface area contributed by atoms with E-state index in [1.54, 1.807) is 6.07 Å². The van der Waals surface area contributed by atoms with Crippen LogP contribution in [0.1, 0.15) is 5.56 Å². The van der Waals surface area contributed by atoms with Crippen molar-refractivity contribution in [2.24, 2.45) is 13.0 Å². The van der Waals surface area contributed by atoms with Gasteiger partial charge < -0.3 is 9.30 Å². The Morgan fingerprint density at radius 3 is 2.75 bits per heavy atom. The lowest BCUT2D eigenvalue weighted by Gasteiger charge is -2.36. The van der Waals surface area contributed by atoms with Crippen molar-refractivity contribution < 1.29 is 21.9 Å². The van der Waals surface area contributed by atoms with Gasteiger partial charge in [-0.2, -0.15) is 18.0 Å². The van der Waals surface area contributed by atoms with Crippen molar-refractivity contribution in [2.45, 2.75) is 0 Å². The van der Waals surface area contributed by atoms with E-state index in [9.17, 15) is 27.3 Å². The molecule has 1 N–H and O–H groups in total. The second kappa shape index (κ2) is 8.18. The van der Waals surface area contributed by atoms with E-state index in [-0.39, 0.29) is 47.0 Å². The van der Waals surface area contributed by atoms with Crippen LogP contribution in [0.15, 0.2) is 41.5 Å². The first-order valence-electron chi connectivity index (χ1n) is 9.43. The summed E-state index contributed by atoms with van der Waals surface area (Å²) in [5.41, 5.74) is -0.505. The lowest BCUT2D eigenvalue weighted by molar-refractivity contribution is 0.166. The van der Waals surface area contributed by atoms with Crippen LogP contribution in [0.5, 0.6) is 11.5 Å². The van der Waals surface area contributed by atoms with Crippen LogP contribution >= 0.6 is 0 Å². The van der Waals surface area contributed by atoms with Crippen molar-refractivity contribution in [3.8, 4) is 17.6 Å². The number of fused-ring (bicyclic) bond motifs is 1. The summed E-state index contributed by atoms with van der Waals surface area (Å²) in [7, 11) is -2.53. The summed E-state index contributed by atoms with van der Waals surface area (Å²) in [6.07, 6.45) is 1.36. The first-order valence-corrected chi connectivity index (χ1v) is 10.9. The summed E-state index contributed by atoms with van der Waals surface area (Å²) in [6, 6.07) is 8.12. The molecule has 3 aromatic rings. The van der Waals surface area contributed by atoms with Gasteiger partial charge in [-0.1, -0.05) is 0 Å². The van der Waals surface area contributed by atoms with Crippen molar-refractivity contribution in [3.05, 3.63) is 58.4 Å². The highest BCUT2D eigenvalue weighted by Crippen LogP contribution is 2.34. The number of hydrogen-bond acceptors (Lipinski definition) is 6. The van der Waals surface area contributed by atoms with Gasteiger partial charge in [0.1, 0.15) is 17.4 Å². The molecular weight excluding hydrogens is 444 g/mol. The van der Waals surface area contributed by atoms with Gasteiger partial charge in [-0.15, -0.1) is 0 Å². The third-order valence-corrected chi connectivity index (χ3v) is 6.51. The van der Waals surface area contributed by atoms with E-state index < -0.39 is 28.5 Å². The normalized spacial score (nSPS) is 14.7. The molecule has 0 unspecified atom stereocenters. The van der Waals surface area contributed by atoms with Crippen molar-refractivity contribution in [2.75, 3.05) is 24.5 Å². The number of nitrogens with zero attached hydrogens (tertiary/aromatic N) is 4. The Morgan fingerprint density at radius 2 is 2.06 bits per heavy atom. The number of aromatic nitrogens is 2. The molecule has 0 spiro atoms. The molecular formula is C20H17F2N5O4S. The van der Waals surface area contributed by atoms with Crippen molar-refractivity contribution in [1.82, 2.24) is 13.9 Å². The molecule has 0 radical (unpaired) electrons. The molecule has 0 bridgehead atoms. The number of nitrogens with one attached hydrogen (secondary N) is 1. The summed E-state index contributed by atoms with van der Waals surface area (Å²) in [4.78, 5) is 16.4. The van der Waals surface area contributed by atoms with Crippen molar-refractivity contribution in [1.29, 1.82) is 5.26 Å². The van der Waals surface area contributed by atoms with Crippen LogP contribution in [-0.4, -0.2) is 42.0 Å². The predicted octanol–water partition coefficient (Wildman–Crippen LogP) is 2.29. The Kier molecular flexibility index (Phi) is 5.53. The fourth-order valence-corrected chi connectivity index (χ4v) is 4.64. The van der Waals surface area contributed by atoms with E-state index in [0.717, 1.165) is 16.4 Å². The van der Waals surface area contributed by atoms with E-state index in [1.165, 1.54) is 36.1 Å². The molecule has 0 atom stereocenters. The third kappa shape index (κ3) is 3.88. The lowest BCUT2D eigenvalue weighted by Crippen LogP contribution is -2.52. The molecule has 12 heteroatoms. The highest BCUT2D eigenvalue weighted by atomic mass is 32.2. The molecule has 1 fully saturated rings. The molecule has 32 heavy (non-hydrogen) atoms. The zero-order valence-corrected chi connectivity index (χ0v) is 17.6. The van der Waals surface area contributed by atoms with Crippen LogP contribution in [0.3, 0.4) is 0 Å². The summed E-state index contributed by atoms with van der Waals surface area (Å²) in [6.45, 7) is -0.606. The number of rotatable bonds is 6. The molecule has 2 aromatic carbocycles. The molecule has 1 aliphatic rings. The summed E-state index contributed by atoms with van der Waals surface area (Å²) in [5, 5.41) is 9.81. The third-order valence-electron chi connectivity index (χ3n) is 5.05. The molecule has 9 nitrogen and oxygen atoms in total. The smallest absolute Gasteiger partial charge is 0.301 e.